The van der Waals surface area contributed by atoms with E-state index in [-0.39, 0.29) is 0 Å². The SMILES string of the molecule is CCCC[O][Sn][O][Sn]([O]CCCC)([O]CCCC)[O]CCCC. The second kappa shape index (κ2) is 18.2. The normalized spacial score (nSPS) is 12.0. The molecule has 0 saturated heterocycles. The van der Waals surface area contributed by atoms with E-state index in [2.05, 4.69) is 27.7 Å². The van der Waals surface area contributed by atoms with Crippen molar-refractivity contribution in [3.05, 3.63) is 0 Å². The van der Waals surface area contributed by atoms with Crippen molar-refractivity contribution in [2.45, 2.75) is 79.1 Å². The average Bonchev–Trinajstić information content (AvgIpc) is 2.55. The minimum absolute atomic E-state index is 0.666. The van der Waals surface area contributed by atoms with Crippen LogP contribution in [0.15, 0.2) is 0 Å². The quantitative estimate of drug-likeness (QED) is 0.190. The van der Waals surface area contributed by atoms with Crippen molar-refractivity contribution in [2.75, 3.05) is 26.4 Å². The second-order valence-corrected chi connectivity index (χ2v) is 16.6. The van der Waals surface area contributed by atoms with Gasteiger partial charge in [-0.1, -0.05) is 0 Å². The second-order valence-electron chi connectivity index (χ2n) is 5.49. The number of rotatable bonds is 18. The molecule has 0 rings (SSSR count). The summed E-state index contributed by atoms with van der Waals surface area (Å²) in [6.07, 6.45) is 8.54. The van der Waals surface area contributed by atoms with Gasteiger partial charge in [-0.25, -0.2) is 0 Å². The van der Waals surface area contributed by atoms with Gasteiger partial charge in [0, 0.05) is 0 Å². The molecule has 7 heteroatoms. The van der Waals surface area contributed by atoms with Crippen molar-refractivity contribution in [2.24, 2.45) is 0 Å². The molecule has 0 aliphatic carbocycles. The van der Waals surface area contributed by atoms with Crippen molar-refractivity contribution in [3.63, 3.8) is 0 Å². The summed E-state index contributed by atoms with van der Waals surface area (Å²) in [6.45, 7) is 11.4. The Morgan fingerprint density at radius 3 is 1.39 bits per heavy atom. The van der Waals surface area contributed by atoms with Crippen LogP contribution in [-0.2, 0) is 13.7 Å². The number of hydrogen-bond donors (Lipinski definition) is 0. The van der Waals surface area contributed by atoms with Gasteiger partial charge < -0.3 is 0 Å². The third kappa shape index (κ3) is 14.3. The Morgan fingerprint density at radius 1 is 0.609 bits per heavy atom. The molecule has 0 bridgehead atoms. The maximum atomic E-state index is 6.11. The summed E-state index contributed by atoms with van der Waals surface area (Å²) in [7, 11) is 0. The molecule has 5 nitrogen and oxygen atoms in total. The molecule has 0 fully saturated rings. The first-order chi connectivity index (χ1) is 11.2. The van der Waals surface area contributed by atoms with Crippen LogP contribution in [0.2, 0.25) is 0 Å². The van der Waals surface area contributed by atoms with Crippen LogP contribution < -0.4 is 0 Å². The van der Waals surface area contributed by atoms with Gasteiger partial charge in [-0.2, -0.15) is 0 Å². The van der Waals surface area contributed by atoms with E-state index in [1.54, 1.807) is 0 Å². The van der Waals surface area contributed by atoms with Gasteiger partial charge in [0.2, 0.25) is 0 Å². The molecule has 0 amide bonds. The fourth-order valence-corrected chi connectivity index (χ4v) is 13.7. The van der Waals surface area contributed by atoms with Crippen LogP contribution in [0, 0.1) is 0 Å². The molecule has 0 heterocycles. The van der Waals surface area contributed by atoms with Crippen LogP contribution >= 0.6 is 0 Å². The summed E-state index contributed by atoms with van der Waals surface area (Å²) in [5.74, 6) is 0. The van der Waals surface area contributed by atoms with E-state index in [9.17, 15) is 0 Å². The first kappa shape index (κ1) is 24.4. The molecule has 0 N–H and O–H groups in total. The Morgan fingerprint density at radius 2 is 1.00 bits per heavy atom. The van der Waals surface area contributed by atoms with Crippen LogP contribution in [0.4, 0.5) is 0 Å². The van der Waals surface area contributed by atoms with Gasteiger partial charge in [0.1, 0.15) is 0 Å². The molecule has 0 aromatic heterocycles. The Balaban J connectivity index is 4.52. The topological polar surface area (TPSA) is 46.2 Å². The molecule has 0 aliphatic rings. The first-order valence-corrected chi connectivity index (χ1v) is 16.2. The fourth-order valence-electron chi connectivity index (χ4n) is 1.58. The summed E-state index contributed by atoms with van der Waals surface area (Å²) in [5, 5.41) is 0. The van der Waals surface area contributed by atoms with Gasteiger partial charge in [-0.15, -0.1) is 0 Å². The fraction of sp³-hybridized carbons (Fsp3) is 1.00. The van der Waals surface area contributed by atoms with Crippen LogP contribution in [0.1, 0.15) is 79.1 Å². The molecular formula is C16H36O5Sn2. The molecule has 0 aliphatic heterocycles. The molecule has 0 unspecified atom stereocenters. The summed E-state index contributed by atoms with van der Waals surface area (Å²) in [4.78, 5) is 0. The average molecular weight is 546 g/mol. The van der Waals surface area contributed by atoms with Gasteiger partial charge in [0.25, 0.3) is 0 Å². The van der Waals surface area contributed by atoms with Crippen molar-refractivity contribution in [1.82, 2.24) is 0 Å². The van der Waals surface area contributed by atoms with E-state index < -0.39 is 42.0 Å². The predicted molar refractivity (Wildman–Crippen MR) is 96.0 cm³/mol. The monoisotopic (exact) mass is 548 g/mol. The molecule has 0 aromatic carbocycles. The van der Waals surface area contributed by atoms with Gasteiger partial charge in [0.15, 0.2) is 0 Å². The van der Waals surface area contributed by atoms with Crippen molar-refractivity contribution >= 4 is 42.0 Å². The Kier molecular flexibility index (Phi) is 19.3. The number of hydrogen-bond acceptors (Lipinski definition) is 5. The molecule has 0 atom stereocenters. The first-order valence-electron chi connectivity index (χ1n) is 9.21. The van der Waals surface area contributed by atoms with Gasteiger partial charge >= 0.3 is 161 Å². The summed E-state index contributed by atoms with van der Waals surface area (Å²) < 4.78 is 30.0. The third-order valence-corrected chi connectivity index (χ3v) is 16.2. The van der Waals surface area contributed by atoms with Crippen LogP contribution in [0.5, 0.6) is 0 Å². The predicted octanol–water partition coefficient (Wildman–Crippen LogP) is 4.24. The summed E-state index contributed by atoms with van der Waals surface area (Å²) >= 11 is -5.26. The third-order valence-electron chi connectivity index (χ3n) is 3.16. The Bertz CT molecular complexity index is 218. The van der Waals surface area contributed by atoms with Crippen LogP contribution in [0.3, 0.4) is 0 Å². The molecular weight excluding hydrogens is 510 g/mol. The minimum atomic E-state index is -3.87. The van der Waals surface area contributed by atoms with E-state index in [4.69, 9.17) is 13.7 Å². The zero-order valence-electron chi connectivity index (χ0n) is 15.5. The number of unbranched alkanes of at least 4 members (excludes halogenated alkanes) is 4. The van der Waals surface area contributed by atoms with Crippen LogP contribution in [0.25, 0.3) is 0 Å². The molecule has 23 heavy (non-hydrogen) atoms. The maximum absolute atomic E-state index is 6.11. The van der Waals surface area contributed by atoms with E-state index in [1.807, 2.05) is 0 Å². The molecule has 2 radical (unpaired) electrons. The summed E-state index contributed by atoms with van der Waals surface area (Å²) in [5.41, 5.74) is 0. The summed E-state index contributed by atoms with van der Waals surface area (Å²) in [6, 6.07) is 0. The van der Waals surface area contributed by atoms with Crippen molar-refractivity contribution < 1.29 is 13.7 Å². The Labute approximate surface area is 160 Å². The van der Waals surface area contributed by atoms with Gasteiger partial charge in [0.05, 0.1) is 0 Å². The zero-order valence-corrected chi connectivity index (χ0v) is 21.2. The zero-order chi connectivity index (χ0) is 17.2. The standard InChI is InChI=1S/4C4H9O.O.2Sn/c4*1-2-3-4-5;;;/h4*2-4H2,1H3;;;/q4*-1;;+1;+3. The van der Waals surface area contributed by atoms with E-state index >= 15 is 0 Å². The molecule has 138 valence electrons. The molecule has 0 aromatic rings. The van der Waals surface area contributed by atoms with Crippen LogP contribution in [-0.4, -0.2) is 68.4 Å². The van der Waals surface area contributed by atoms with Gasteiger partial charge in [-0.3, -0.25) is 0 Å². The van der Waals surface area contributed by atoms with E-state index in [0.717, 1.165) is 58.0 Å². The van der Waals surface area contributed by atoms with E-state index in [1.165, 1.54) is 0 Å². The molecule has 0 spiro atoms. The van der Waals surface area contributed by atoms with Crippen molar-refractivity contribution in [3.8, 4) is 0 Å². The molecule has 0 saturated carbocycles. The van der Waals surface area contributed by atoms with Crippen molar-refractivity contribution in [1.29, 1.82) is 0 Å². The Hall–Kier alpha value is 1.40. The van der Waals surface area contributed by atoms with Gasteiger partial charge in [-0.05, 0) is 0 Å². The van der Waals surface area contributed by atoms with E-state index in [0.29, 0.717) is 19.8 Å².